The summed E-state index contributed by atoms with van der Waals surface area (Å²) in [5.41, 5.74) is 0.489. The highest BCUT2D eigenvalue weighted by Gasteiger charge is 2.15. The van der Waals surface area contributed by atoms with Crippen molar-refractivity contribution >= 4 is 65.0 Å². The molecule has 0 N–H and O–H groups in total. The van der Waals surface area contributed by atoms with Crippen molar-refractivity contribution in [2.45, 2.75) is 0 Å². The molecule has 0 fully saturated rings. The second-order valence-electron chi connectivity index (χ2n) is 8.61. The summed E-state index contributed by atoms with van der Waals surface area (Å²) in [6.45, 7) is 0. The van der Waals surface area contributed by atoms with Gasteiger partial charge in [0.2, 0.25) is 0 Å². The van der Waals surface area contributed by atoms with Gasteiger partial charge in [-0.05, 0) is 84.5 Å². The monoisotopic (exact) mass is 453 g/mol. The van der Waals surface area contributed by atoms with Crippen molar-refractivity contribution in [3.8, 4) is 11.1 Å². The molecule has 0 spiro atoms. The summed E-state index contributed by atoms with van der Waals surface area (Å²) in [4.78, 5) is 0. The summed E-state index contributed by atoms with van der Waals surface area (Å²) in [7, 11) is 0. The Balaban J connectivity index is 1.61. The fourth-order valence-electron chi connectivity index (χ4n) is 5.07. The van der Waals surface area contributed by atoms with E-state index in [1.807, 2.05) is 60.7 Å². The van der Waals surface area contributed by atoms with Gasteiger partial charge in [0.25, 0.3) is 0 Å². The minimum atomic E-state index is -0.529. The molecule has 8 aromatic rings. The van der Waals surface area contributed by atoms with E-state index < -0.39 is 24.2 Å². The number of hydrogen-bond acceptors (Lipinski definition) is 1. The van der Waals surface area contributed by atoms with E-state index in [4.69, 9.17) is 15.4 Å². The number of hydrogen-bond donors (Lipinski definition) is 0. The highest BCUT2D eigenvalue weighted by atomic mass is 16.3. The number of benzene rings is 7. The van der Waals surface area contributed by atoms with Crippen molar-refractivity contribution < 1.29 is 16.8 Å². The molecule has 8 rings (SSSR count). The Labute approximate surface area is 214 Å². The van der Waals surface area contributed by atoms with Crippen molar-refractivity contribution in [1.29, 1.82) is 0 Å². The minimum Gasteiger partial charge on any atom is -0.456 e. The van der Waals surface area contributed by atoms with Crippen LogP contribution in [0.4, 0.5) is 0 Å². The lowest BCUT2D eigenvalue weighted by Crippen LogP contribution is -1.87. The highest BCUT2D eigenvalue weighted by molar-refractivity contribution is 6.21. The summed E-state index contributed by atoms with van der Waals surface area (Å²) >= 11 is 0. The summed E-state index contributed by atoms with van der Waals surface area (Å²) in [5, 5.41) is 5.20. The second kappa shape index (κ2) is 6.94. The highest BCUT2D eigenvalue weighted by Crippen LogP contribution is 2.41. The van der Waals surface area contributed by atoms with Crippen LogP contribution in [0.2, 0.25) is 0 Å². The lowest BCUT2D eigenvalue weighted by Gasteiger charge is -2.14. The van der Waals surface area contributed by atoms with Gasteiger partial charge < -0.3 is 4.42 Å². The quantitative estimate of drug-likeness (QED) is 0.178. The standard InChI is InChI=1S/C34H20O/c1-2-9-23-20-33-31(17-22(23)8-1)30-19-25(14-16-32(30)35-33)34-27-12-6-4-10-24(27)18-29-26-11-5-3-7-21(26)13-15-28(29)34/h1-20H/i1D,2D,8D,9D,14D,16D,17D,19D,20D. The van der Waals surface area contributed by atoms with Gasteiger partial charge in [-0.1, -0.05) is 90.9 Å². The fraction of sp³-hybridized carbons (Fsp3) is 0. The van der Waals surface area contributed by atoms with E-state index in [0.717, 1.165) is 32.3 Å². The minimum absolute atomic E-state index is 0.0114. The zero-order chi connectivity index (χ0) is 30.8. The van der Waals surface area contributed by atoms with Crippen LogP contribution in [0.5, 0.6) is 0 Å². The van der Waals surface area contributed by atoms with Gasteiger partial charge in [-0.2, -0.15) is 0 Å². The molecule has 162 valence electrons. The average Bonchev–Trinajstić information content (AvgIpc) is 3.45. The van der Waals surface area contributed by atoms with Crippen LogP contribution in [0.15, 0.2) is 126 Å². The molecule has 0 aliphatic rings. The Kier molecular flexibility index (Phi) is 2.42. The Morgan fingerprint density at radius 1 is 0.486 bits per heavy atom. The number of rotatable bonds is 1. The van der Waals surface area contributed by atoms with Gasteiger partial charge in [-0.15, -0.1) is 0 Å². The molecule has 0 saturated carbocycles. The largest absolute Gasteiger partial charge is 0.456 e. The normalized spacial score (nSPS) is 15.6. The third-order valence-corrected chi connectivity index (χ3v) is 6.66. The predicted octanol–water partition coefficient (Wildman–Crippen LogP) is 9.87. The first-order valence-corrected chi connectivity index (χ1v) is 11.3. The van der Waals surface area contributed by atoms with Crippen LogP contribution in [0, 0.1) is 0 Å². The van der Waals surface area contributed by atoms with Crippen LogP contribution in [0.1, 0.15) is 12.3 Å². The Bertz CT molecular complexity index is 2600. The van der Waals surface area contributed by atoms with Gasteiger partial charge in [-0.25, -0.2) is 0 Å². The van der Waals surface area contributed by atoms with E-state index in [0.29, 0.717) is 5.56 Å². The van der Waals surface area contributed by atoms with E-state index in [9.17, 15) is 1.37 Å². The molecule has 1 heterocycles. The van der Waals surface area contributed by atoms with Crippen molar-refractivity contribution in [3.63, 3.8) is 0 Å². The molecule has 0 atom stereocenters. The van der Waals surface area contributed by atoms with Crippen LogP contribution in [0.25, 0.3) is 76.2 Å². The van der Waals surface area contributed by atoms with E-state index in [-0.39, 0.29) is 68.5 Å². The van der Waals surface area contributed by atoms with Crippen LogP contribution in [-0.2, 0) is 0 Å². The molecule has 0 amide bonds. The molecule has 35 heavy (non-hydrogen) atoms. The first-order chi connectivity index (χ1) is 21.1. The van der Waals surface area contributed by atoms with Crippen molar-refractivity contribution in [2.75, 3.05) is 0 Å². The number of furan rings is 1. The predicted molar refractivity (Wildman–Crippen MR) is 149 cm³/mol. The van der Waals surface area contributed by atoms with E-state index in [1.165, 1.54) is 0 Å². The molecular formula is C34H20O. The van der Waals surface area contributed by atoms with Crippen LogP contribution >= 0.6 is 0 Å². The van der Waals surface area contributed by atoms with Crippen LogP contribution in [0.3, 0.4) is 0 Å². The zero-order valence-electron chi connectivity index (χ0n) is 27.3. The smallest absolute Gasteiger partial charge is 0.136 e. The topological polar surface area (TPSA) is 13.1 Å². The second-order valence-corrected chi connectivity index (χ2v) is 8.61. The Morgan fingerprint density at radius 3 is 2.11 bits per heavy atom. The lowest BCUT2D eigenvalue weighted by molar-refractivity contribution is 0.669. The molecule has 7 aromatic carbocycles. The molecule has 1 aromatic heterocycles. The van der Waals surface area contributed by atoms with Crippen LogP contribution in [-0.4, -0.2) is 0 Å². The maximum Gasteiger partial charge on any atom is 0.136 e. The van der Waals surface area contributed by atoms with E-state index in [2.05, 4.69) is 6.07 Å². The molecule has 0 aliphatic heterocycles. The molecule has 0 radical (unpaired) electrons. The average molecular weight is 454 g/mol. The molecule has 0 aliphatic carbocycles. The molecule has 0 unspecified atom stereocenters. The zero-order valence-corrected chi connectivity index (χ0v) is 18.3. The molecule has 0 saturated heterocycles. The Morgan fingerprint density at radius 2 is 1.23 bits per heavy atom. The maximum absolute atomic E-state index is 9.52. The maximum atomic E-state index is 9.52. The molecule has 0 bridgehead atoms. The summed E-state index contributed by atoms with van der Waals surface area (Å²) in [5.74, 6) is 0. The summed E-state index contributed by atoms with van der Waals surface area (Å²) < 4.78 is 84.8. The first kappa shape index (κ1) is 12.2. The molecule has 1 nitrogen and oxygen atoms in total. The van der Waals surface area contributed by atoms with Gasteiger partial charge in [0, 0.05) is 10.8 Å². The fourth-order valence-corrected chi connectivity index (χ4v) is 5.07. The van der Waals surface area contributed by atoms with Gasteiger partial charge in [0.1, 0.15) is 11.2 Å². The van der Waals surface area contributed by atoms with Crippen molar-refractivity contribution in [3.05, 3.63) is 121 Å². The van der Waals surface area contributed by atoms with E-state index >= 15 is 0 Å². The van der Waals surface area contributed by atoms with Crippen LogP contribution < -0.4 is 0 Å². The Hall–Kier alpha value is -4.62. The molecular weight excluding hydrogens is 424 g/mol. The van der Waals surface area contributed by atoms with Gasteiger partial charge >= 0.3 is 0 Å². The third kappa shape index (κ3) is 2.70. The third-order valence-electron chi connectivity index (χ3n) is 6.66. The van der Waals surface area contributed by atoms with Crippen molar-refractivity contribution in [2.24, 2.45) is 0 Å². The summed E-state index contributed by atoms with van der Waals surface area (Å²) in [6.07, 6.45) is 0. The van der Waals surface area contributed by atoms with Gasteiger partial charge in [0.15, 0.2) is 0 Å². The summed E-state index contributed by atoms with van der Waals surface area (Å²) in [6, 6.07) is 18.3. The van der Waals surface area contributed by atoms with E-state index in [1.54, 1.807) is 0 Å². The van der Waals surface area contributed by atoms with Crippen molar-refractivity contribution in [1.82, 2.24) is 0 Å². The first-order valence-electron chi connectivity index (χ1n) is 15.8. The molecule has 1 heteroatoms. The number of fused-ring (bicyclic) bond motifs is 8. The van der Waals surface area contributed by atoms with Gasteiger partial charge in [-0.3, -0.25) is 0 Å². The lowest BCUT2D eigenvalue weighted by atomic mass is 9.89. The van der Waals surface area contributed by atoms with Gasteiger partial charge in [0.05, 0.1) is 12.3 Å². The SMILES string of the molecule is [2H]c1c(-c2c3ccccc3cc3c2ccc2ccccc23)c([2H])c2c(oc3c([2H])c4c([2H])c([2H])c([2H])c([2H])c4c([2H])c32)c1[2H].